The molecular weight excluding hydrogens is 188 g/mol. The summed E-state index contributed by atoms with van der Waals surface area (Å²) < 4.78 is 1.94. The Kier molecular flexibility index (Phi) is 3.02. The van der Waals surface area contributed by atoms with Crippen LogP contribution in [0.2, 0.25) is 0 Å². The second-order valence-corrected chi connectivity index (χ2v) is 4.11. The maximum Gasteiger partial charge on any atom is 0.0972 e. The fourth-order valence-corrected chi connectivity index (χ4v) is 1.60. The fourth-order valence-electron chi connectivity index (χ4n) is 1.60. The van der Waals surface area contributed by atoms with Gasteiger partial charge in [-0.25, -0.2) is 0 Å². The summed E-state index contributed by atoms with van der Waals surface area (Å²) in [6.45, 7) is 2.85. The van der Waals surface area contributed by atoms with E-state index in [1.165, 1.54) is 12.8 Å². The van der Waals surface area contributed by atoms with Gasteiger partial charge in [0, 0.05) is 24.5 Å². The molecule has 1 aromatic heterocycles. The number of aryl methyl sites for hydroxylation is 2. The van der Waals surface area contributed by atoms with Crippen molar-refractivity contribution in [3.05, 3.63) is 18.0 Å². The summed E-state index contributed by atoms with van der Waals surface area (Å²) in [5.41, 5.74) is 1.15. The lowest BCUT2D eigenvalue weighted by Gasteiger charge is -2.11. The molecule has 15 heavy (non-hydrogen) atoms. The Morgan fingerprint density at radius 2 is 2.53 bits per heavy atom. The maximum absolute atomic E-state index is 8.96. The first kappa shape index (κ1) is 10.2. The second-order valence-electron chi connectivity index (χ2n) is 4.11. The van der Waals surface area contributed by atoms with Gasteiger partial charge >= 0.3 is 0 Å². The van der Waals surface area contributed by atoms with Crippen LogP contribution in [0, 0.1) is 18.3 Å². The molecule has 4 heteroatoms. The van der Waals surface area contributed by atoms with Crippen LogP contribution in [0.5, 0.6) is 0 Å². The average molecular weight is 204 g/mol. The van der Waals surface area contributed by atoms with Gasteiger partial charge in [0.15, 0.2) is 0 Å². The highest BCUT2D eigenvalue weighted by atomic mass is 15.3. The molecule has 1 aromatic rings. The molecule has 1 N–H and O–H groups in total. The SMILES string of the molecule is Cc1ccnn1CCC(C#N)NC1CC1. The van der Waals surface area contributed by atoms with Crippen LogP contribution in [-0.4, -0.2) is 21.9 Å². The van der Waals surface area contributed by atoms with Gasteiger partial charge in [-0.1, -0.05) is 0 Å². The zero-order valence-electron chi connectivity index (χ0n) is 8.98. The van der Waals surface area contributed by atoms with Crippen LogP contribution in [-0.2, 0) is 6.54 Å². The summed E-state index contributed by atoms with van der Waals surface area (Å²) in [5, 5.41) is 16.5. The van der Waals surface area contributed by atoms with Crippen molar-refractivity contribution in [2.75, 3.05) is 0 Å². The Bertz CT molecular complexity index is 359. The van der Waals surface area contributed by atoms with Crippen molar-refractivity contribution in [3.8, 4) is 6.07 Å². The van der Waals surface area contributed by atoms with Crippen molar-refractivity contribution in [1.82, 2.24) is 15.1 Å². The molecule has 0 amide bonds. The summed E-state index contributed by atoms with van der Waals surface area (Å²) in [7, 11) is 0. The van der Waals surface area contributed by atoms with Gasteiger partial charge in [-0.05, 0) is 32.3 Å². The maximum atomic E-state index is 8.96. The molecule has 1 saturated carbocycles. The largest absolute Gasteiger partial charge is 0.299 e. The minimum Gasteiger partial charge on any atom is -0.299 e. The highest BCUT2D eigenvalue weighted by molar-refractivity contribution is 4.98. The Balaban J connectivity index is 1.80. The monoisotopic (exact) mass is 204 g/mol. The van der Waals surface area contributed by atoms with E-state index in [1.54, 1.807) is 6.20 Å². The van der Waals surface area contributed by atoms with E-state index < -0.39 is 0 Å². The third-order valence-electron chi connectivity index (χ3n) is 2.73. The molecule has 1 aliphatic carbocycles. The van der Waals surface area contributed by atoms with E-state index >= 15 is 0 Å². The Hall–Kier alpha value is -1.34. The van der Waals surface area contributed by atoms with Crippen molar-refractivity contribution < 1.29 is 0 Å². The lowest BCUT2D eigenvalue weighted by molar-refractivity contribution is 0.485. The topological polar surface area (TPSA) is 53.6 Å². The Labute approximate surface area is 89.9 Å². The summed E-state index contributed by atoms with van der Waals surface area (Å²) in [4.78, 5) is 0. The minimum atomic E-state index is -0.0268. The second kappa shape index (κ2) is 4.45. The first-order chi connectivity index (χ1) is 7.29. The van der Waals surface area contributed by atoms with Crippen molar-refractivity contribution >= 4 is 0 Å². The number of rotatable bonds is 5. The van der Waals surface area contributed by atoms with Crippen LogP contribution in [0.15, 0.2) is 12.3 Å². The number of hydrogen-bond donors (Lipinski definition) is 1. The van der Waals surface area contributed by atoms with Gasteiger partial charge in [0.25, 0.3) is 0 Å². The van der Waals surface area contributed by atoms with Crippen LogP contribution >= 0.6 is 0 Å². The first-order valence-corrected chi connectivity index (χ1v) is 5.43. The van der Waals surface area contributed by atoms with Crippen molar-refractivity contribution in [2.24, 2.45) is 0 Å². The minimum absolute atomic E-state index is 0.0268. The quantitative estimate of drug-likeness (QED) is 0.784. The average Bonchev–Trinajstić information content (AvgIpc) is 2.96. The fraction of sp³-hybridized carbons (Fsp3) is 0.636. The summed E-state index contributed by atoms with van der Waals surface area (Å²) >= 11 is 0. The molecule has 0 spiro atoms. The van der Waals surface area contributed by atoms with E-state index in [0.29, 0.717) is 6.04 Å². The molecule has 1 heterocycles. The van der Waals surface area contributed by atoms with E-state index in [9.17, 15) is 0 Å². The summed E-state index contributed by atoms with van der Waals surface area (Å²) in [6.07, 6.45) is 5.07. The first-order valence-electron chi connectivity index (χ1n) is 5.43. The molecule has 0 saturated heterocycles. The van der Waals surface area contributed by atoms with Gasteiger partial charge in [-0.2, -0.15) is 10.4 Å². The van der Waals surface area contributed by atoms with Gasteiger partial charge in [-0.3, -0.25) is 10.00 Å². The number of nitrogens with zero attached hydrogens (tertiary/aromatic N) is 3. The van der Waals surface area contributed by atoms with E-state index in [1.807, 2.05) is 17.7 Å². The highest BCUT2D eigenvalue weighted by Gasteiger charge is 2.24. The molecule has 2 rings (SSSR count). The number of hydrogen-bond acceptors (Lipinski definition) is 3. The molecule has 80 valence electrons. The Morgan fingerprint density at radius 1 is 1.73 bits per heavy atom. The third kappa shape index (κ3) is 2.80. The van der Waals surface area contributed by atoms with E-state index in [0.717, 1.165) is 18.7 Å². The van der Waals surface area contributed by atoms with Gasteiger partial charge in [0.1, 0.15) is 0 Å². The van der Waals surface area contributed by atoms with Crippen LogP contribution < -0.4 is 5.32 Å². The van der Waals surface area contributed by atoms with Crippen LogP contribution in [0.4, 0.5) is 0 Å². The van der Waals surface area contributed by atoms with E-state index in [4.69, 9.17) is 5.26 Å². The molecule has 1 fully saturated rings. The van der Waals surface area contributed by atoms with Crippen molar-refractivity contribution in [2.45, 2.75) is 44.8 Å². The van der Waals surface area contributed by atoms with Crippen LogP contribution in [0.25, 0.3) is 0 Å². The number of nitriles is 1. The predicted molar refractivity (Wildman–Crippen MR) is 57.1 cm³/mol. The lowest BCUT2D eigenvalue weighted by atomic mass is 10.2. The van der Waals surface area contributed by atoms with Crippen molar-refractivity contribution in [1.29, 1.82) is 5.26 Å². The molecule has 0 aliphatic heterocycles. The predicted octanol–water partition coefficient (Wildman–Crippen LogP) is 1.23. The molecule has 0 bridgehead atoms. The van der Waals surface area contributed by atoms with Gasteiger partial charge in [0.05, 0.1) is 12.1 Å². The Morgan fingerprint density at radius 3 is 3.07 bits per heavy atom. The molecule has 1 atom stereocenters. The zero-order chi connectivity index (χ0) is 10.7. The molecule has 1 unspecified atom stereocenters. The summed E-state index contributed by atoms with van der Waals surface area (Å²) in [6, 6.07) is 4.85. The standard InChI is InChI=1S/C11H16N4/c1-9-4-6-13-15(9)7-5-11(8-12)14-10-2-3-10/h4,6,10-11,14H,2-3,5,7H2,1H3. The summed E-state index contributed by atoms with van der Waals surface area (Å²) in [5.74, 6) is 0. The zero-order valence-corrected chi connectivity index (χ0v) is 8.98. The third-order valence-corrected chi connectivity index (χ3v) is 2.73. The van der Waals surface area contributed by atoms with Gasteiger partial charge < -0.3 is 0 Å². The molecule has 4 nitrogen and oxygen atoms in total. The van der Waals surface area contributed by atoms with Gasteiger partial charge in [-0.15, -0.1) is 0 Å². The molecule has 1 aliphatic rings. The number of nitrogens with one attached hydrogen (secondary N) is 1. The van der Waals surface area contributed by atoms with Crippen LogP contribution in [0.3, 0.4) is 0 Å². The van der Waals surface area contributed by atoms with Gasteiger partial charge in [0.2, 0.25) is 0 Å². The van der Waals surface area contributed by atoms with Crippen molar-refractivity contribution in [3.63, 3.8) is 0 Å². The van der Waals surface area contributed by atoms with E-state index in [2.05, 4.69) is 16.5 Å². The number of aromatic nitrogens is 2. The van der Waals surface area contributed by atoms with Crippen LogP contribution in [0.1, 0.15) is 25.0 Å². The molecule has 0 aromatic carbocycles. The smallest absolute Gasteiger partial charge is 0.0972 e. The normalized spacial score (nSPS) is 17.3. The lowest BCUT2D eigenvalue weighted by Crippen LogP contribution is -2.30. The highest BCUT2D eigenvalue weighted by Crippen LogP contribution is 2.19. The molecular formula is C11H16N4. The molecule has 0 radical (unpaired) electrons. The van der Waals surface area contributed by atoms with E-state index in [-0.39, 0.29) is 6.04 Å².